The van der Waals surface area contributed by atoms with E-state index in [0.717, 1.165) is 11.5 Å². The van der Waals surface area contributed by atoms with Crippen LogP contribution in [0.15, 0.2) is 22.8 Å². The highest BCUT2D eigenvalue weighted by Crippen LogP contribution is 2.13. The minimum atomic E-state index is 0.977. The molecule has 0 heterocycles. The van der Waals surface area contributed by atoms with Crippen molar-refractivity contribution < 1.29 is 0 Å². The minimum absolute atomic E-state index is 0.977. The maximum Gasteiger partial charge on any atom is 0.0180 e. The van der Waals surface area contributed by atoms with Gasteiger partial charge in [0.1, 0.15) is 0 Å². The van der Waals surface area contributed by atoms with E-state index in [0.29, 0.717) is 0 Å². The van der Waals surface area contributed by atoms with E-state index in [4.69, 9.17) is 11.6 Å². The number of hydrogen-bond donors (Lipinski definition) is 0. The summed E-state index contributed by atoms with van der Waals surface area (Å²) in [7, 11) is 0. The van der Waals surface area contributed by atoms with E-state index < -0.39 is 0 Å². The van der Waals surface area contributed by atoms with Crippen molar-refractivity contribution in [3.8, 4) is 0 Å². The Bertz CT molecular complexity index is 162. The van der Waals surface area contributed by atoms with E-state index in [2.05, 4.69) is 26.8 Å². The van der Waals surface area contributed by atoms with E-state index in [1.165, 1.54) is 24.8 Å². The van der Waals surface area contributed by atoms with Crippen molar-refractivity contribution >= 4 is 11.6 Å². The smallest absolute Gasteiger partial charge is 0.0180 e. The van der Waals surface area contributed by atoms with Crippen molar-refractivity contribution in [2.24, 2.45) is 0 Å². The molecule has 0 atom stereocenters. The normalized spacial score (nSPS) is 11.5. The first-order valence-electron chi connectivity index (χ1n) is 4.66. The predicted molar refractivity (Wildman–Crippen MR) is 57.5 cm³/mol. The molecule has 70 valence electrons. The molecule has 0 spiro atoms. The number of halogens is 1. The number of unbranched alkanes of at least 4 members (excludes halogenated alkanes) is 2. The summed E-state index contributed by atoms with van der Waals surface area (Å²) in [6, 6.07) is 0. The average molecular weight is 187 g/mol. The Morgan fingerprint density at radius 3 is 2.33 bits per heavy atom. The van der Waals surface area contributed by atoms with Gasteiger partial charge in [-0.3, -0.25) is 0 Å². The van der Waals surface area contributed by atoms with Crippen molar-refractivity contribution in [1.29, 1.82) is 0 Å². The van der Waals surface area contributed by atoms with Crippen LogP contribution in [0.25, 0.3) is 0 Å². The van der Waals surface area contributed by atoms with Gasteiger partial charge in [-0.2, -0.15) is 0 Å². The van der Waals surface area contributed by atoms with Gasteiger partial charge in [0.2, 0.25) is 0 Å². The molecule has 0 unspecified atom stereocenters. The van der Waals surface area contributed by atoms with Crippen LogP contribution in [0.5, 0.6) is 0 Å². The predicted octanol–water partition coefficient (Wildman–Crippen LogP) is 4.66. The summed E-state index contributed by atoms with van der Waals surface area (Å²) >= 11 is 5.98. The second-order valence-corrected chi connectivity index (χ2v) is 3.80. The van der Waals surface area contributed by atoms with Crippen LogP contribution < -0.4 is 0 Å². The first kappa shape index (κ1) is 11.8. The highest BCUT2D eigenvalue weighted by Gasteiger charge is 1.90. The molecule has 0 aromatic heterocycles. The van der Waals surface area contributed by atoms with Crippen LogP contribution in [0.1, 0.15) is 46.5 Å². The summed E-state index contributed by atoms with van der Waals surface area (Å²) in [5.41, 5.74) is 1.30. The van der Waals surface area contributed by atoms with Crippen LogP contribution in [-0.4, -0.2) is 0 Å². The Morgan fingerprint density at radius 2 is 1.83 bits per heavy atom. The molecule has 0 rings (SSSR count). The fraction of sp³-hybridized carbons (Fsp3) is 0.636. The molecule has 0 bridgehead atoms. The number of rotatable bonds is 5. The fourth-order valence-electron chi connectivity index (χ4n) is 0.884. The van der Waals surface area contributed by atoms with Crippen molar-refractivity contribution in [3.05, 3.63) is 22.8 Å². The summed E-state index contributed by atoms with van der Waals surface area (Å²) in [6.07, 6.45) is 8.84. The van der Waals surface area contributed by atoms with Gasteiger partial charge in [0.05, 0.1) is 0 Å². The van der Waals surface area contributed by atoms with Crippen LogP contribution in [0.3, 0.4) is 0 Å². The van der Waals surface area contributed by atoms with Crippen LogP contribution >= 0.6 is 11.6 Å². The Balaban J connectivity index is 3.63. The van der Waals surface area contributed by atoms with Crippen molar-refractivity contribution in [1.82, 2.24) is 0 Å². The largest absolute Gasteiger partial charge is 0.0892 e. The summed E-state index contributed by atoms with van der Waals surface area (Å²) in [6.45, 7) is 6.35. The SMILES string of the molecule is CCCCCC(Cl)=CC=C(C)C. The molecule has 0 aliphatic heterocycles. The lowest BCUT2D eigenvalue weighted by Gasteiger charge is -1.96. The Hall–Kier alpha value is -0.230. The molecule has 0 aromatic carbocycles. The molecule has 0 amide bonds. The van der Waals surface area contributed by atoms with Crippen molar-refractivity contribution in [3.63, 3.8) is 0 Å². The Labute approximate surface area is 81.3 Å². The maximum absolute atomic E-state index is 5.98. The molecule has 1 heteroatoms. The molecule has 0 fully saturated rings. The van der Waals surface area contributed by atoms with Crippen LogP contribution in [-0.2, 0) is 0 Å². The van der Waals surface area contributed by atoms with E-state index in [9.17, 15) is 0 Å². The minimum Gasteiger partial charge on any atom is -0.0892 e. The molecule has 0 aliphatic carbocycles. The van der Waals surface area contributed by atoms with E-state index >= 15 is 0 Å². The lowest BCUT2D eigenvalue weighted by molar-refractivity contribution is 0.725. The molecule has 0 aromatic rings. The lowest BCUT2D eigenvalue weighted by Crippen LogP contribution is -1.75. The highest BCUT2D eigenvalue weighted by atomic mass is 35.5. The van der Waals surface area contributed by atoms with E-state index in [-0.39, 0.29) is 0 Å². The monoisotopic (exact) mass is 186 g/mol. The van der Waals surface area contributed by atoms with Gasteiger partial charge in [-0.25, -0.2) is 0 Å². The standard InChI is InChI=1S/C11H19Cl/c1-4-5-6-7-11(12)9-8-10(2)3/h8-9H,4-7H2,1-3H3. The lowest BCUT2D eigenvalue weighted by atomic mass is 10.2. The van der Waals surface area contributed by atoms with Gasteiger partial charge in [-0.05, 0) is 32.8 Å². The summed E-state index contributed by atoms with van der Waals surface area (Å²) < 4.78 is 0. The van der Waals surface area contributed by atoms with Gasteiger partial charge in [0.25, 0.3) is 0 Å². The Kier molecular flexibility index (Phi) is 7.28. The van der Waals surface area contributed by atoms with Gasteiger partial charge in [-0.1, -0.05) is 43.0 Å². The van der Waals surface area contributed by atoms with Crippen LogP contribution in [0, 0.1) is 0 Å². The maximum atomic E-state index is 5.98. The quantitative estimate of drug-likeness (QED) is 0.433. The zero-order chi connectivity index (χ0) is 9.40. The number of allylic oxidation sites excluding steroid dienone is 4. The molecular formula is C11H19Cl. The van der Waals surface area contributed by atoms with E-state index in [1.54, 1.807) is 0 Å². The van der Waals surface area contributed by atoms with Gasteiger partial charge < -0.3 is 0 Å². The van der Waals surface area contributed by atoms with Crippen LogP contribution in [0.4, 0.5) is 0 Å². The average Bonchev–Trinajstić information content (AvgIpc) is 2.01. The van der Waals surface area contributed by atoms with Crippen molar-refractivity contribution in [2.75, 3.05) is 0 Å². The second-order valence-electron chi connectivity index (χ2n) is 3.31. The van der Waals surface area contributed by atoms with Gasteiger partial charge in [-0.15, -0.1) is 0 Å². The first-order chi connectivity index (χ1) is 5.66. The molecule has 0 radical (unpaired) electrons. The summed E-state index contributed by atoms with van der Waals surface area (Å²) in [5.74, 6) is 0. The van der Waals surface area contributed by atoms with Crippen LogP contribution in [0.2, 0.25) is 0 Å². The molecule has 0 saturated carbocycles. The third kappa shape index (κ3) is 7.87. The third-order valence-electron chi connectivity index (χ3n) is 1.62. The molecule has 0 nitrogen and oxygen atoms in total. The molecular weight excluding hydrogens is 168 g/mol. The zero-order valence-corrected chi connectivity index (χ0v) is 9.12. The first-order valence-corrected chi connectivity index (χ1v) is 5.04. The van der Waals surface area contributed by atoms with Gasteiger partial charge >= 0.3 is 0 Å². The van der Waals surface area contributed by atoms with Gasteiger partial charge in [0, 0.05) is 5.03 Å². The van der Waals surface area contributed by atoms with Gasteiger partial charge in [0.15, 0.2) is 0 Å². The van der Waals surface area contributed by atoms with Crippen molar-refractivity contribution in [2.45, 2.75) is 46.5 Å². The molecule has 0 aliphatic rings. The molecule has 0 N–H and O–H groups in total. The Morgan fingerprint density at radius 1 is 1.17 bits per heavy atom. The summed E-state index contributed by atoms with van der Waals surface area (Å²) in [4.78, 5) is 0. The molecule has 12 heavy (non-hydrogen) atoms. The summed E-state index contributed by atoms with van der Waals surface area (Å²) in [5, 5.41) is 0.977. The van der Waals surface area contributed by atoms with E-state index in [1.807, 2.05) is 6.08 Å². The zero-order valence-electron chi connectivity index (χ0n) is 8.36. The molecule has 0 saturated heterocycles. The third-order valence-corrected chi connectivity index (χ3v) is 1.93. The highest BCUT2D eigenvalue weighted by molar-refractivity contribution is 6.29. The fourth-order valence-corrected chi connectivity index (χ4v) is 1.08. The topological polar surface area (TPSA) is 0 Å². The second kappa shape index (κ2) is 7.42. The number of hydrogen-bond acceptors (Lipinski definition) is 0.